The molecular formula is C29H16F15P. The molecule has 0 amide bonds. The molecule has 0 aliphatic carbocycles. The third-order valence-electron chi connectivity index (χ3n) is 6.99. The number of rotatable bonds is 4. The zero-order valence-corrected chi connectivity index (χ0v) is 22.8. The number of benzene rings is 4. The van der Waals surface area contributed by atoms with E-state index in [4.69, 9.17) is 0 Å². The van der Waals surface area contributed by atoms with Gasteiger partial charge in [0, 0.05) is 0 Å². The van der Waals surface area contributed by atoms with E-state index in [1.165, 1.54) is 0 Å². The van der Waals surface area contributed by atoms with E-state index in [9.17, 15) is 65.9 Å². The number of halogens is 15. The third kappa shape index (κ3) is 6.78. The average molecular weight is 680 g/mol. The Balaban J connectivity index is 2.26. The summed E-state index contributed by atoms with van der Waals surface area (Å²) in [5.74, 6) is 0. The molecule has 0 atom stereocenters. The summed E-state index contributed by atoms with van der Waals surface area (Å²) in [6.45, 7) is 0. The van der Waals surface area contributed by atoms with E-state index < -0.39 is 87.2 Å². The molecule has 0 spiro atoms. The first-order valence-corrected chi connectivity index (χ1v) is 14.3. The van der Waals surface area contributed by atoms with Crippen molar-refractivity contribution in [2.75, 3.05) is 0 Å². The summed E-state index contributed by atoms with van der Waals surface area (Å²) < 4.78 is 206. The second-order valence-corrected chi connectivity index (χ2v) is 13.5. The van der Waals surface area contributed by atoms with Gasteiger partial charge in [-0.1, -0.05) is 0 Å². The van der Waals surface area contributed by atoms with Gasteiger partial charge in [-0.2, -0.15) is 0 Å². The molecule has 0 nitrogen and oxygen atoms in total. The van der Waals surface area contributed by atoms with Gasteiger partial charge in [0.15, 0.2) is 0 Å². The van der Waals surface area contributed by atoms with Gasteiger partial charge in [0.1, 0.15) is 0 Å². The van der Waals surface area contributed by atoms with E-state index in [1.807, 2.05) is 0 Å². The molecule has 0 bridgehead atoms. The first-order chi connectivity index (χ1) is 20.5. The van der Waals surface area contributed by atoms with Gasteiger partial charge >= 0.3 is 244 Å². The first-order valence-electron chi connectivity index (χ1n) is 12.3. The van der Waals surface area contributed by atoms with Crippen LogP contribution in [0, 0.1) is 0 Å². The first kappa shape index (κ1) is 34.1. The Kier molecular flexibility index (Phi) is 8.54. The SMILES string of the molecule is FC(F)(F)c1ccc([PH](c2ccc(C(F)(F)F)cc2)(c2ccc(C(F)(F)F)cc2)c2cc(C(F)(F)F)ccc2C(F)(F)F)cc1. The van der Waals surface area contributed by atoms with Crippen LogP contribution in [0.5, 0.6) is 0 Å². The molecule has 0 aliphatic heterocycles. The minimum absolute atomic E-state index is 0.0676. The molecule has 0 aromatic heterocycles. The van der Waals surface area contributed by atoms with E-state index in [2.05, 4.69) is 0 Å². The van der Waals surface area contributed by atoms with Crippen molar-refractivity contribution in [1.29, 1.82) is 0 Å². The molecular weight excluding hydrogens is 664 g/mol. The Hall–Kier alpha value is -3.74. The Morgan fingerprint density at radius 3 is 0.822 bits per heavy atom. The van der Waals surface area contributed by atoms with Crippen molar-refractivity contribution >= 4 is 28.5 Å². The van der Waals surface area contributed by atoms with Crippen LogP contribution in [0.4, 0.5) is 65.9 Å². The maximum atomic E-state index is 14.5. The summed E-state index contributed by atoms with van der Waals surface area (Å²) in [5, 5.41) is -2.64. The van der Waals surface area contributed by atoms with Crippen LogP contribution in [0.2, 0.25) is 0 Å². The van der Waals surface area contributed by atoms with E-state index in [-0.39, 0.29) is 18.2 Å². The zero-order chi connectivity index (χ0) is 33.8. The molecule has 0 fully saturated rings. The van der Waals surface area contributed by atoms with Gasteiger partial charge < -0.3 is 0 Å². The summed E-state index contributed by atoms with van der Waals surface area (Å²) in [6.07, 6.45) is -25.7. The van der Waals surface area contributed by atoms with E-state index >= 15 is 0 Å². The van der Waals surface area contributed by atoms with Crippen molar-refractivity contribution in [3.63, 3.8) is 0 Å². The Morgan fingerprint density at radius 2 is 0.578 bits per heavy atom. The molecule has 0 unspecified atom stereocenters. The average Bonchev–Trinajstić information content (AvgIpc) is 2.92. The van der Waals surface area contributed by atoms with E-state index in [1.54, 1.807) is 0 Å². The quantitative estimate of drug-likeness (QED) is 0.149. The molecule has 4 aromatic rings. The number of hydrogen-bond donors (Lipinski definition) is 0. The fourth-order valence-corrected chi connectivity index (χ4v) is 9.91. The second kappa shape index (κ2) is 11.3. The predicted octanol–water partition coefficient (Wildman–Crippen LogP) is 9.13. The standard InChI is InChI=1S/C29H16F15P/c30-25(31,32)16-1-8-20(9-2-16)45(21-10-3-17(4-11-21)26(33,34)35,22-12-5-18(6-13-22)27(36,37)38)24-15-19(28(39,40)41)7-14-23(24)29(42,43)44/h1-15,45H. The minimum atomic E-state index is -5.43. The number of alkyl halides is 15. The summed E-state index contributed by atoms with van der Waals surface area (Å²) in [5.41, 5.74) is -7.34. The fourth-order valence-electron chi connectivity index (χ4n) is 4.97. The van der Waals surface area contributed by atoms with Gasteiger partial charge in [-0.3, -0.25) is 0 Å². The zero-order valence-electron chi connectivity index (χ0n) is 21.8. The van der Waals surface area contributed by atoms with E-state index in [0.717, 1.165) is 0 Å². The monoisotopic (exact) mass is 680 g/mol. The van der Waals surface area contributed by atoms with Crippen molar-refractivity contribution < 1.29 is 65.9 Å². The molecule has 0 radical (unpaired) electrons. The van der Waals surface area contributed by atoms with Gasteiger partial charge in [0.05, 0.1) is 0 Å². The van der Waals surface area contributed by atoms with E-state index in [0.29, 0.717) is 72.8 Å². The van der Waals surface area contributed by atoms with Crippen molar-refractivity contribution in [3.8, 4) is 0 Å². The summed E-state index contributed by atoms with van der Waals surface area (Å²) in [6, 6.07) is 6.65. The van der Waals surface area contributed by atoms with Gasteiger partial charge in [-0.15, -0.1) is 0 Å². The van der Waals surface area contributed by atoms with Crippen LogP contribution in [0.25, 0.3) is 0 Å². The molecule has 4 rings (SSSR count). The van der Waals surface area contributed by atoms with Gasteiger partial charge in [0.2, 0.25) is 0 Å². The maximum absolute atomic E-state index is 14.5. The molecule has 45 heavy (non-hydrogen) atoms. The van der Waals surface area contributed by atoms with Crippen LogP contribution < -0.4 is 21.2 Å². The van der Waals surface area contributed by atoms with Crippen LogP contribution in [-0.4, -0.2) is 0 Å². The third-order valence-corrected chi connectivity index (χ3v) is 11.8. The van der Waals surface area contributed by atoms with Crippen molar-refractivity contribution in [1.82, 2.24) is 0 Å². The van der Waals surface area contributed by atoms with Crippen LogP contribution in [0.1, 0.15) is 27.8 Å². The summed E-state index contributed by atoms with van der Waals surface area (Å²) >= 11 is 0. The van der Waals surface area contributed by atoms with Crippen molar-refractivity contribution in [2.45, 2.75) is 30.9 Å². The Bertz CT molecular complexity index is 1500. The molecule has 16 heteroatoms. The Morgan fingerprint density at radius 1 is 0.311 bits per heavy atom. The van der Waals surface area contributed by atoms with Crippen LogP contribution in [0.3, 0.4) is 0 Å². The van der Waals surface area contributed by atoms with Gasteiger partial charge in [-0.05, 0) is 0 Å². The van der Waals surface area contributed by atoms with Crippen LogP contribution in [-0.2, 0) is 30.9 Å². The van der Waals surface area contributed by atoms with Gasteiger partial charge in [0.25, 0.3) is 0 Å². The second-order valence-electron chi connectivity index (χ2n) is 9.73. The van der Waals surface area contributed by atoms with Crippen molar-refractivity contribution in [3.05, 3.63) is 119 Å². The van der Waals surface area contributed by atoms with Crippen LogP contribution in [0.15, 0.2) is 91.0 Å². The molecule has 0 aliphatic rings. The normalized spacial score (nSPS) is 14.0. The fraction of sp³-hybridized carbons (Fsp3) is 0.172. The molecule has 4 aromatic carbocycles. The Labute approximate surface area is 244 Å². The molecule has 0 saturated heterocycles. The van der Waals surface area contributed by atoms with Crippen LogP contribution >= 0.6 is 7.26 Å². The summed E-state index contributed by atoms with van der Waals surface area (Å²) in [7, 11) is -5.13. The summed E-state index contributed by atoms with van der Waals surface area (Å²) in [4.78, 5) is 0. The molecule has 242 valence electrons. The molecule has 0 heterocycles. The molecule has 0 N–H and O–H groups in total. The number of hydrogen-bond acceptors (Lipinski definition) is 0. The topological polar surface area (TPSA) is 0 Å². The van der Waals surface area contributed by atoms with Gasteiger partial charge in [-0.25, -0.2) is 0 Å². The molecule has 0 saturated carbocycles. The van der Waals surface area contributed by atoms with Crippen molar-refractivity contribution in [2.24, 2.45) is 0 Å². The predicted molar refractivity (Wildman–Crippen MR) is 138 cm³/mol.